The van der Waals surface area contributed by atoms with E-state index in [4.69, 9.17) is 0 Å². The third-order valence-electron chi connectivity index (χ3n) is 7.04. The molecule has 15 heteroatoms. The molecule has 0 atom stereocenters. The van der Waals surface area contributed by atoms with Gasteiger partial charge in [0.25, 0.3) is 5.91 Å². The summed E-state index contributed by atoms with van der Waals surface area (Å²) in [6, 6.07) is 1.16. The van der Waals surface area contributed by atoms with Gasteiger partial charge in [-0.25, -0.2) is 8.42 Å². The number of nitrogens with one attached hydrogen (secondary N) is 1. The lowest BCUT2D eigenvalue weighted by Gasteiger charge is -2.35. The van der Waals surface area contributed by atoms with Crippen LogP contribution in [0.25, 0.3) is 11.3 Å². The first kappa shape index (κ1) is 31.7. The Morgan fingerprint density at radius 3 is 2.50 bits per heavy atom. The number of hydrogen-bond donors (Lipinski definition) is 2. The van der Waals surface area contributed by atoms with Gasteiger partial charge in [0.1, 0.15) is 15.6 Å². The van der Waals surface area contributed by atoms with Gasteiger partial charge in [0, 0.05) is 49.3 Å². The second kappa shape index (κ2) is 12.4. The topological polar surface area (TPSA) is 123 Å². The number of pyridine rings is 1. The van der Waals surface area contributed by atoms with Crippen LogP contribution in [0.4, 0.5) is 22.0 Å². The highest BCUT2D eigenvalue weighted by Crippen LogP contribution is 2.36. The van der Waals surface area contributed by atoms with Gasteiger partial charge in [-0.3, -0.25) is 14.5 Å². The lowest BCUT2D eigenvalue weighted by Crippen LogP contribution is -2.47. The molecule has 2 N–H and O–H groups in total. The Morgan fingerprint density at radius 2 is 1.95 bits per heavy atom. The van der Waals surface area contributed by atoms with Gasteiger partial charge in [0.2, 0.25) is 0 Å². The smallest absolute Gasteiger partial charge is 0.389 e. The van der Waals surface area contributed by atoms with Crippen LogP contribution in [0.2, 0.25) is 0 Å². The molecule has 0 saturated heterocycles. The third-order valence-corrected chi connectivity index (χ3v) is 8.72. The molecule has 1 fully saturated rings. The van der Waals surface area contributed by atoms with E-state index in [9.17, 15) is 40.3 Å². The first-order valence-corrected chi connectivity index (χ1v) is 14.8. The van der Waals surface area contributed by atoms with Crippen molar-refractivity contribution in [2.75, 3.05) is 12.8 Å². The number of aromatic nitrogens is 3. The van der Waals surface area contributed by atoms with Crippen LogP contribution in [0.1, 0.15) is 67.2 Å². The van der Waals surface area contributed by atoms with Crippen LogP contribution in [0.5, 0.6) is 5.75 Å². The molecule has 1 amide bonds. The van der Waals surface area contributed by atoms with Crippen molar-refractivity contribution < 1.29 is 45.0 Å². The summed E-state index contributed by atoms with van der Waals surface area (Å²) in [4.78, 5) is 17.2. The van der Waals surface area contributed by atoms with Crippen LogP contribution < -0.4 is 10.1 Å². The van der Waals surface area contributed by atoms with Gasteiger partial charge in [0.05, 0.1) is 22.1 Å². The second-order valence-corrected chi connectivity index (χ2v) is 12.4. The molecule has 0 bridgehead atoms. The van der Waals surface area contributed by atoms with E-state index < -0.39 is 45.8 Å². The van der Waals surface area contributed by atoms with E-state index in [1.807, 2.05) is 0 Å². The highest BCUT2D eigenvalue weighted by atomic mass is 32.2. The fourth-order valence-corrected chi connectivity index (χ4v) is 5.95. The molecule has 3 rings (SSSR count). The highest BCUT2D eigenvalue weighted by Gasteiger charge is 2.37. The Balaban J connectivity index is 1.82. The summed E-state index contributed by atoms with van der Waals surface area (Å²) in [6.45, 7) is 0.154. The van der Waals surface area contributed by atoms with Crippen molar-refractivity contribution in [1.82, 2.24) is 20.1 Å². The lowest BCUT2D eigenvalue weighted by atomic mass is 9.84. The molecular formula is C25H33F5N4O5S. The van der Waals surface area contributed by atoms with E-state index >= 15 is 0 Å². The van der Waals surface area contributed by atoms with Crippen LogP contribution >= 0.6 is 0 Å². The second-order valence-electron chi connectivity index (χ2n) is 10.1. The summed E-state index contributed by atoms with van der Waals surface area (Å²) >= 11 is 0. The van der Waals surface area contributed by atoms with Gasteiger partial charge in [-0.15, -0.1) is 0 Å². The Hall–Kier alpha value is -2.81. The van der Waals surface area contributed by atoms with E-state index in [-0.39, 0.29) is 80.0 Å². The number of hydrogen-bond acceptors (Lipinski definition) is 7. The SMILES string of the molecule is CCn1nc(C(=O)NC[C@]2(O)CC[C@@H](S(C)(=O)=O)CC2)c(C)c1-c1cnc(CCCC(F)(F)F)cc1OC(F)F. The van der Waals surface area contributed by atoms with E-state index in [1.165, 1.54) is 10.9 Å². The Labute approximate surface area is 229 Å². The summed E-state index contributed by atoms with van der Waals surface area (Å²) in [5.41, 5.74) is -0.500. The molecule has 0 unspecified atom stereocenters. The van der Waals surface area contributed by atoms with Crippen LogP contribution in [-0.2, 0) is 22.8 Å². The maximum atomic E-state index is 13.2. The fourth-order valence-electron chi connectivity index (χ4n) is 4.85. The van der Waals surface area contributed by atoms with Gasteiger partial charge in [0.15, 0.2) is 5.69 Å². The van der Waals surface area contributed by atoms with E-state index in [0.29, 0.717) is 5.56 Å². The minimum atomic E-state index is -4.35. The molecule has 0 aliphatic heterocycles. The zero-order chi connectivity index (χ0) is 29.9. The summed E-state index contributed by atoms with van der Waals surface area (Å²) in [6.07, 6.45) is -2.50. The quantitative estimate of drug-likeness (QED) is 0.373. The molecular weight excluding hydrogens is 563 g/mol. The Kier molecular flexibility index (Phi) is 9.81. The van der Waals surface area contributed by atoms with Crippen LogP contribution in [0, 0.1) is 6.92 Å². The van der Waals surface area contributed by atoms with Crippen molar-refractivity contribution in [1.29, 1.82) is 0 Å². The number of aryl methyl sites for hydroxylation is 2. The van der Waals surface area contributed by atoms with Crippen molar-refractivity contribution >= 4 is 15.7 Å². The van der Waals surface area contributed by atoms with Gasteiger partial charge < -0.3 is 15.2 Å². The lowest BCUT2D eigenvalue weighted by molar-refractivity contribution is -0.135. The van der Waals surface area contributed by atoms with E-state index in [2.05, 4.69) is 20.1 Å². The highest BCUT2D eigenvalue weighted by molar-refractivity contribution is 7.91. The van der Waals surface area contributed by atoms with Gasteiger partial charge in [-0.2, -0.15) is 27.1 Å². The molecule has 0 radical (unpaired) electrons. The molecule has 40 heavy (non-hydrogen) atoms. The molecule has 1 aliphatic rings. The third kappa shape index (κ3) is 8.12. The number of sulfone groups is 1. The normalized spacial score (nSPS) is 20.1. The predicted molar refractivity (Wildman–Crippen MR) is 136 cm³/mol. The standard InChI is InChI=1S/C25H33F5N4O5S/c1-4-34-21(18-13-31-16(6-5-9-25(28,29)30)12-19(18)39-23(26)27)15(2)20(33-34)22(35)32-14-24(36)10-7-17(8-11-24)40(3,37)38/h12-13,17,23,36H,4-11,14H2,1-3H3,(H,32,35)/t17-,24+. The molecule has 224 valence electrons. The minimum absolute atomic E-state index is 0.0254. The Bertz CT molecular complexity index is 1310. The molecule has 1 aliphatic carbocycles. The number of halogens is 5. The number of nitrogens with zero attached hydrogens (tertiary/aromatic N) is 3. The number of aliphatic hydroxyl groups is 1. The first-order valence-electron chi connectivity index (χ1n) is 12.8. The van der Waals surface area contributed by atoms with Gasteiger partial charge >= 0.3 is 12.8 Å². The number of alkyl halides is 5. The molecule has 2 aromatic heterocycles. The van der Waals surface area contributed by atoms with Crippen molar-refractivity contribution in [2.24, 2.45) is 0 Å². The summed E-state index contributed by atoms with van der Waals surface area (Å²) in [7, 11) is -3.23. The van der Waals surface area contributed by atoms with Crippen molar-refractivity contribution in [2.45, 2.75) is 89.0 Å². The first-order chi connectivity index (χ1) is 18.5. The number of carbonyl (C=O) groups is 1. The van der Waals surface area contributed by atoms with Gasteiger partial charge in [-0.1, -0.05) is 0 Å². The molecule has 0 spiro atoms. The number of carbonyl (C=O) groups excluding carboxylic acids is 1. The van der Waals surface area contributed by atoms with Crippen LogP contribution in [-0.4, -0.2) is 70.6 Å². The summed E-state index contributed by atoms with van der Waals surface area (Å²) in [5.74, 6) is -0.939. The van der Waals surface area contributed by atoms with Gasteiger partial charge in [-0.05, 0) is 52.4 Å². The molecule has 0 aromatic carbocycles. The average Bonchev–Trinajstić information content (AvgIpc) is 3.17. The zero-order valence-corrected chi connectivity index (χ0v) is 23.2. The van der Waals surface area contributed by atoms with Crippen molar-refractivity contribution in [3.05, 3.63) is 29.2 Å². The van der Waals surface area contributed by atoms with Crippen LogP contribution in [0.15, 0.2) is 12.3 Å². The molecule has 1 saturated carbocycles. The number of amides is 1. The monoisotopic (exact) mass is 596 g/mol. The minimum Gasteiger partial charge on any atom is -0.434 e. The van der Waals surface area contributed by atoms with E-state index in [0.717, 1.165) is 12.3 Å². The van der Waals surface area contributed by atoms with Crippen molar-refractivity contribution in [3.8, 4) is 17.0 Å². The Morgan fingerprint density at radius 1 is 1.30 bits per heavy atom. The summed E-state index contributed by atoms with van der Waals surface area (Å²) in [5, 5.41) is 17.3. The fraction of sp³-hybridized carbons (Fsp3) is 0.640. The summed E-state index contributed by atoms with van der Waals surface area (Å²) < 4.78 is 93.7. The number of rotatable bonds is 11. The zero-order valence-electron chi connectivity index (χ0n) is 22.4. The largest absolute Gasteiger partial charge is 0.434 e. The van der Waals surface area contributed by atoms with Crippen molar-refractivity contribution in [3.63, 3.8) is 0 Å². The maximum absolute atomic E-state index is 13.2. The maximum Gasteiger partial charge on any atom is 0.389 e. The molecule has 2 heterocycles. The average molecular weight is 597 g/mol. The van der Waals surface area contributed by atoms with Crippen LogP contribution in [0.3, 0.4) is 0 Å². The molecule has 9 nitrogen and oxygen atoms in total. The molecule has 2 aromatic rings. The number of ether oxygens (including phenoxy) is 1. The van der Waals surface area contributed by atoms with E-state index in [1.54, 1.807) is 13.8 Å². The predicted octanol–water partition coefficient (Wildman–Crippen LogP) is 4.21.